The molecule has 0 aliphatic carbocycles. The number of thioether (sulfide) groups is 1. The summed E-state index contributed by atoms with van der Waals surface area (Å²) in [7, 11) is 0. The van der Waals surface area contributed by atoms with E-state index < -0.39 is 0 Å². The van der Waals surface area contributed by atoms with E-state index in [1.807, 2.05) is 11.8 Å². The molecular formula is C25H23ClN2S2. The van der Waals surface area contributed by atoms with Crippen LogP contribution in [0.2, 0.25) is 5.02 Å². The molecule has 2 nitrogen and oxygen atoms in total. The summed E-state index contributed by atoms with van der Waals surface area (Å²) in [6, 6.07) is 21.5. The molecule has 0 unspecified atom stereocenters. The highest BCUT2D eigenvalue weighted by molar-refractivity contribution is 7.98. The van der Waals surface area contributed by atoms with E-state index >= 15 is 0 Å². The highest BCUT2D eigenvalue weighted by Crippen LogP contribution is 2.36. The Balaban J connectivity index is 1.35. The van der Waals surface area contributed by atoms with Crippen LogP contribution in [0.15, 0.2) is 65.6 Å². The number of hydrogen-bond donors (Lipinski definition) is 1. The number of nitrogens with zero attached hydrogens (tertiary/aromatic N) is 1. The van der Waals surface area contributed by atoms with E-state index in [1.165, 1.54) is 36.9 Å². The van der Waals surface area contributed by atoms with Crippen molar-refractivity contribution in [3.63, 3.8) is 0 Å². The Morgan fingerprint density at radius 2 is 1.83 bits per heavy atom. The summed E-state index contributed by atoms with van der Waals surface area (Å²) in [5, 5.41) is 5.55. The molecule has 0 atom stereocenters. The lowest BCUT2D eigenvalue weighted by atomic mass is 10.0. The molecule has 1 aliphatic heterocycles. The molecule has 0 amide bonds. The smallest absolute Gasteiger partial charge is 0.0982 e. The fourth-order valence-electron chi connectivity index (χ4n) is 3.97. The van der Waals surface area contributed by atoms with Crippen molar-refractivity contribution < 1.29 is 0 Å². The minimum Gasteiger partial charge on any atom is -0.316 e. The highest BCUT2D eigenvalue weighted by atomic mass is 35.5. The molecule has 3 aromatic carbocycles. The second-order valence-corrected chi connectivity index (χ2v) is 10.1. The van der Waals surface area contributed by atoms with Crippen molar-refractivity contribution in [3.05, 3.63) is 92.9 Å². The first kappa shape index (κ1) is 20.1. The molecule has 5 rings (SSSR count). The summed E-state index contributed by atoms with van der Waals surface area (Å²) < 4.78 is 1.27. The molecule has 152 valence electrons. The first-order valence-corrected chi connectivity index (χ1v) is 12.5. The Hall–Kier alpha value is -1.85. The summed E-state index contributed by atoms with van der Waals surface area (Å²) in [6.45, 7) is 2.07. The summed E-state index contributed by atoms with van der Waals surface area (Å²) in [4.78, 5) is 6.09. The zero-order valence-corrected chi connectivity index (χ0v) is 19.0. The van der Waals surface area contributed by atoms with Crippen molar-refractivity contribution in [1.29, 1.82) is 0 Å². The van der Waals surface area contributed by atoms with Crippen LogP contribution in [0, 0.1) is 0 Å². The molecule has 4 aromatic rings. The number of hydrogen-bond acceptors (Lipinski definition) is 4. The van der Waals surface area contributed by atoms with E-state index in [0.29, 0.717) is 0 Å². The van der Waals surface area contributed by atoms with Crippen LogP contribution < -0.4 is 5.32 Å². The maximum absolute atomic E-state index is 6.61. The third-order valence-corrected chi connectivity index (χ3v) is 8.19. The Labute approximate surface area is 190 Å². The Kier molecular flexibility index (Phi) is 6.09. The van der Waals surface area contributed by atoms with Gasteiger partial charge in [-0.3, -0.25) is 0 Å². The van der Waals surface area contributed by atoms with Gasteiger partial charge in [0.25, 0.3) is 0 Å². The molecule has 1 aromatic heterocycles. The highest BCUT2D eigenvalue weighted by Gasteiger charge is 2.15. The molecule has 0 fully saturated rings. The fourth-order valence-corrected chi connectivity index (χ4v) is 6.48. The third-order valence-electron chi connectivity index (χ3n) is 5.51. The van der Waals surface area contributed by atoms with Gasteiger partial charge in [0.15, 0.2) is 0 Å². The molecular weight excluding hydrogens is 428 g/mol. The number of benzene rings is 3. The second kappa shape index (κ2) is 9.11. The van der Waals surface area contributed by atoms with Crippen LogP contribution in [0.1, 0.15) is 27.3 Å². The SMILES string of the molecule is Clc1ccc2c(c1SCc1ccc3nc(Cc4ccccc4)sc3c1)CCNCC2. The van der Waals surface area contributed by atoms with Crippen LogP contribution in [0.3, 0.4) is 0 Å². The van der Waals surface area contributed by atoms with Gasteiger partial charge in [-0.1, -0.05) is 54.1 Å². The van der Waals surface area contributed by atoms with Gasteiger partial charge in [0.1, 0.15) is 0 Å². The van der Waals surface area contributed by atoms with Crippen LogP contribution in [0.5, 0.6) is 0 Å². The standard InChI is InChI=1S/C25H23ClN2S2/c26-21-8-7-19-10-12-27-13-11-20(19)25(21)29-16-18-6-9-22-23(14-18)30-24(28-22)15-17-4-2-1-3-5-17/h1-9,14,27H,10-13,15-16H2. The van der Waals surface area contributed by atoms with E-state index in [2.05, 4.69) is 66.0 Å². The Bertz CT molecular complexity index is 1170. The Morgan fingerprint density at radius 1 is 0.967 bits per heavy atom. The number of fused-ring (bicyclic) bond motifs is 2. The van der Waals surface area contributed by atoms with Gasteiger partial charge in [-0.05, 0) is 66.4 Å². The molecule has 5 heteroatoms. The first-order chi connectivity index (χ1) is 14.8. The van der Waals surface area contributed by atoms with Crippen molar-refractivity contribution in [3.8, 4) is 0 Å². The molecule has 0 radical (unpaired) electrons. The van der Waals surface area contributed by atoms with Gasteiger partial charge in [-0.2, -0.15) is 0 Å². The van der Waals surface area contributed by atoms with Crippen LogP contribution in [-0.2, 0) is 25.0 Å². The largest absolute Gasteiger partial charge is 0.316 e. The predicted molar refractivity (Wildman–Crippen MR) is 130 cm³/mol. The van der Waals surface area contributed by atoms with E-state index in [-0.39, 0.29) is 0 Å². The number of halogens is 1. The van der Waals surface area contributed by atoms with Gasteiger partial charge in [0.2, 0.25) is 0 Å². The normalized spacial score (nSPS) is 13.9. The Morgan fingerprint density at radius 3 is 2.73 bits per heavy atom. The minimum absolute atomic E-state index is 0.879. The van der Waals surface area contributed by atoms with E-state index in [1.54, 1.807) is 11.3 Å². The average molecular weight is 451 g/mol. The van der Waals surface area contributed by atoms with Crippen molar-refractivity contribution in [1.82, 2.24) is 10.3 Å². The van der Waals surface area contributed by atoms with Crippen LogP contribution in [0.4, 0.5) is 0 Å². The zero-order chi connectivity index (χ0) is 20.3. The second-order valence-electron chi connectivity index (χ2n) is 7.62. The summed E-state index contributed by atoms with van der Waals surface area (Å²) in [5.41, 5.74) is 6.60. The van der Waals surface area contributed by atoms with Gasteiger partial charge in [-0.15, -0.1) is 23.1 Å². The average Bonchev–Trinajstić information content (AvgIpc) is 3.00. The van der Waals surface area contributed by atoms with Crippen LogP contribution in [0.25, 0.3) is 10.2 Å². The quantitative estimate of drug-likeness (QED) is 0.350. The number of nitrogens with one attached hydrogen (secondary N) is 1. The monoisotopic (exact) mass is 450 g/mol. The number of thiazole rings is 1. The van der Waals surface area contributed by atoms with Gasteiger partial charge < -0.3 is 5.32 Å². The van der Waals surface area contributed by atoms with Gasteiger partial charge >= 0.3 is 0 Å². The summed E-state index contributed by atoms with van der Waals surface area (Å²) >= 11 is 10.3. The van der Waals surface area contributed by atoms with E-state index in [4.69, 9.17) is 16.6 Å². The molecule has 30 heavy (non-hydrogen) atoms. The molecule has 0 spiro atoms. The summed E-state index contributed by atoms with van der Waals surface area (Å²) in [5.74, 6) is 0.922. The maximum Gasteiger partial charge on any atom is 0.0982 e. The van der Waals surface area contributed by atoms with Crippen molar-refractivity contribution in [2.45, 2.75) is 29.9 Å². The maximum atomic E-state index is 6.61. The van der Waals surface area contributed by atoms with Gasteiger partial charge in [-0.25, -0.2) is 4.98 Å². The minimum atomic E-state index is 0.879. The topological polar surface area (TPSA) is 24.9 Å². The van der Waals surface area contributed by atoms with Crippen molar-refractivity contribution in [2.75, 3.05) is 13.1 Å². The molecule has 0 saturated carbocycles. The fraction of sp³-hybridized carbons (Fsp3) is 0.240. The molecule has 0 saturated heterocycles. The lowest BCUT2D eigenvalue weighted by Crippen LogP contribution is -2.16. The zero-order valence-electron chi connectivity index (χ0n) is 16.7. The molecule has 1 aliphatic rings. The number of rotatable bonds is 5. The molecule has 2 heterocycles. The summed E-state index contributed by atoms with van der Waals surface area (Å²) in [6.07, 6.45) is 3.02. The molecule has 0 bridgehead atoms. The predicted octanol–water partition coefficient (Wildman–Crippen LogP) is 6.52. The van der Waals surface area contributed by atoms with Crippen molar-refractivity contribution >= 4 is 44.9 Å². The van der Waals surface area contributed by atoms with Crippen molar-refractivity contribution in [2.24, 2.45) is 0 Å². The first-order valence-electron chi connectivity index (χ1n) is 10.3. The lowest BCUT2D eigenvalue weighted by Gasteiger charge is -2.14. The molecule has 1 N–H and O–H groups in total. The van der Waals surface area contributed by atoms with Gasteiger partial charge in [0.05, 0.1) is 20.2 Å². The van der Waals surface area contributed by atoms with Gasteiger partial charge in [0, 0.05) is 17.1 Å². The van der Waals surface area contributed by atoms with E-state index in [0.717, 1.165) is 48.6 Å². The van der Waals surface area contributed by atoms with Crippen LogP contribution in [-0.4, -0.2) is 18.1 Å². The lowest BCUT2D eigenvalue weighted by molar-refractivity contribution is 0.709. The van der Waals surface area contributed by atoms with E-state index in [9.17, 15) is 0 Å². The third kappa shape index (κ3) is 4.42. The van der Waals surface area contributed by atoms with Crippen LogP contribution >= 0.6 is 34.7 Å². The number of aromatic nitrogens is 1.